The third kappa shape index (κ3) is 3.59. The zero-order valence-electron chi connectivity index (χ0n) is 13.2. The smallest absolute Gasteiger partial charge is 0.249 e. The summed E-state index contributed by atoms with van der Waals surface area (Å²) >= 11 is 0. The highest BCUT2D eigenvalue weighted by molar-refractivity contribution is 5.76. The van der Waals surface area contributed by atoms with Crippen LogP contribution in [-0.2, 0) is 11.3 Å². The number of tetrazole rings is 1. The number of nitrogens with one attached hydrogen (secondary N) is 1. The number of hydrogen-bond acceptors (Lipinski definition) is 8. The van der Waals surface area contributed by atoms with Crippen molar-refractivity contribution in [2.45, 2.75) is 32.9 Å². The van der Waals surface area contributed by atoms with Gasteiger partial charge >= 0.3 is 0 Å². The van der Waals surface area contributed by atoms with Crippen molar-refractivity contribution >= 4 is 5.91 Å². The van der Waals surface area contributed by atoms with E-state index in [1.165, 1.54) is 0 Å². The molecular formula is C14H16N8O2. The van der Waals surface area contributed by atoms with Crippen molar-refractivity contribution in [3.8, 4) is 11.4 Å². The number of carbonyl (C=O) groups is 1. The standard InChI is InChI=1S/C14H16N8O2/c1-9(16-12(23)5-7-22-10(2)18-20-21-22)14-17-13(19-24-14)11-4-3-6-15-8-11/h3-4,6,8-9H,5,7H2,1-2H3,(H,16,23)/t9-/m1/s1. The SMILES string of the molecule is Cc1nnnn1CCC(=O)N[C@H](C)c1nc(-c2cccnc2)no1. The topological polar surface area (TPSA) is 125 Å². The van der Waals surface area contributed by atoms with Gasteiger partial charge in [0, 0.05) is 24.4 Å². The van der Waals surface area contributed by atoms with Gasteiger partial charge in [0.1, 0.15) is 11.9 Å². The molecule has 10 heteroatoms. The predicted octanol–water partition coefficient (Wildman–Crippen LogP) is 0.694. The minimum atomic E-state index is -0.398. The van der Waals surface area contributed by atoms with Gasteiger partial charge in [-0.3, -0.25) is 9.78 Å². The molecule has 10 nitrogen and oxygen atoms in total. The molecule has 0 fully saturated rings. The van der Waals surface area contributed by atoms with E-state index in [4.69, 9.17) is 4.52 Å². The van der Waals surface area contributed by atoms with E-state index in [9.17, 15) is 4.79 Å². The zero-order valence-corrected chi connectivity index (χ0v) is 13.2. The molecule has 0 aliphatic carbocycles. The lowest BCUT2D eigenvalue weighted by Crippen LogP contribution is -2.28. The van der Waals surface area contributed by atoms with Crippen molar-refractivity contribution in [3.63, 3.8) is 0 Å². The summed E-state index contributed by atoms with van der Waals surface area (Å²) in [5.41, 5.74) is 0.750. The van der Waals surface area contributed by atoms with Gasteiger partial charge in [-0.1, -0.05) is 5.16 Å². The summed E-state index contributed by atoms with van der Waals surface area (Å²) < 4.78 is 6.78. The highest BCUT2D eigenvalue weighted by Crippen LogP contribution is 2.17. The lowest BCUT2D eigenvalue weighted by atomic mass is 10.2. The first kappa shape index (κ1) is 15.7. The number of hydrogen-bond donors (Lipinski definition) is 1. The van der Waals surface area contributed by atoms with Crippen LogP contribution in [0.25, 0.3) is 11.4 Å². The second-order valence-corrected chi connectivity index (χ2v) is 5.19. The van der Waals surface area contributed by atoms with Crippen LogP contribution in [-0.4, -0.2) is 41.2 Å². The minimum absolute atomic E-state index is 0.154. The summed E-state index contributed by atoms with van der Waals surface area (Å²) in [6.45, 7) is 3.96. The van der Waals surface area contributed by atoms with E-state index in [0.29, 0.717) is 24.1 Å². The maximum Gasteiger partial charge on any atom is 0.249 e. The average molecular weight is 328 g/mol. The van der Waals surface area contributed by atoms with Crippen LogP contribution in [0.15, 0.2) is 29.0 Å². The van der Waals surface area contributed by atoms with Gasteiger partial charge in [-0.25, -0.2) is 4.68 Å². The molecule has 3 heterocycles. The van der Waals surface area contributed by atoms with Crippen molar-refractivity contribution in [1.29, 1.82) is 0 Å². The molecule has 24 heavy (non-hydrogen) atoms. The predicted molar refractivity (Wildman–Crippen MR) is 81.3 cm³/mol. The fraction of sp³-hybridized carbons (Fsp3) is 0.357. The Morgan fingerprint density at radius 1 is 1.46 bits per heavy atom. The second-order valence-electron chi connectivity index (χ2n) is 5.19. The molecule has 1 atom stereocenters. The summed E-state index contributed by atoms with van der Waals surface area (Å²) in [6.07, 6.45) is 3.56. The van der Waals surface area contributed by atoms with Gasteiger partial charge in [0.2, 0.25) is 17.6 Å². The molecule has 0 spiro atoms. The molecule has 3 aromatic heterocycles. The monoisotopic (exact) mass is 328 g/mol. The van der Waals surface area contributed by atoms with Gasteiger partial charge in [-0.15, -0.1) is 5.10 Å². The number of aromatic nitrogens is 7. The Bertz CT molecular complexity index is 813. The fourth-order valence-corrected chi connectivity index (χ4v) is 2.06. The van der Waals surface area contributed by atoms with Crippen LogP contribution in [0.3, 0.4) is 0 Å². The highest BCUT2D eigenvalue weighted by atomic mass is 16.5. The molecule has 3 rings (SSSR count). The first-order valence-corrected chi connectivity index (χ1v) is 7.39. The molecular weight excluding hydrogens is 312 g/mol. The molecule has 1 N–H and O–H groups in total. The van der Waals surface area contributed by atoms with Gasteiger partial charge in [0.25, 0.3) is 0 Å². The Hall–Kier alpha value is -3.17. The molecule has 0 unspecified atom stereocenters. The normalized spacial score (nSPS) is 12.1. The van der Waals surface area contributed by atoms with Crippen LogP contribution in [0.2, 0.25) is 0 Å². The third-order valence-corrected chi connectivity index (χ3v) is 3.37. The fourth-order valence-electron chi connectivity index (χ4n) is 2.06. The first-order valence-electron chi connectivity index (χ1n) is 7.39. The Kier molecular flexibility index (Phi) is 4.54. The van der Waals surface area contributed by atoms with Gasteiger partial charge < -0.3 is 9.84 Å². The lowest BCUT2D eigenvalue weighted by molar-refractivity contribution is -0.122. The van der Waals surface area contributed by atoms with E-state index >= 15 is 0 Å². The Morgan fingerprint density at radius 2 is 2.33 bits per heavy atom. The minimum Gasteiger partial charge on any atom is -0.345 e. The van der Waals surface area contributed by atoms with Crippen molar-refractivity contribution in [2.24, 2.45) is 0 Å². The molecule has 0 saturated heterocycles. The van der Waals surface area contributed by atoms with Crippen LogP contribution in [0, 0.1) is 6.92 Å². The molecule has 0 radical (unpaired) electrons. The molecule has 0 aliphatic heterocycles. The Morgan fingerprint density at radius 3 is 3.04 bits per heavy atom. The number of rotatable bonds is 6. The molecule has 0 saturated carbocycles. The van der Waals surface area contributed by atoms with Gasteiger partial charge in [0.05, 0.1) is 6.54 Å². The second kappa shape index (κ2) is 6.94. The van der Waals surface area contributed by atoms with Crippen molar-refractivity contribution < 1.29 is 9.32 Å². The summed E-state index contributed by atoms with van der Waals surface area (Å²) in [5, 5.41) is 17.8. The van der Waals surface area contributed by atoms with E-state index in [0.717, 1.165) is 5.56 Å². The van der Waals surface area contributed by atoms with Crippen LogP contribution >= 0.6 is 0 Å². The molecule has 124 valence electrons. The summed E-state index contributed by atoms with van der Waals surface area (Å²) in [6, 6.07) is 3.22. The van der Waals surface area contributed by atoms with Gasteiger partial charge in [-0.05, 0) is 36.4 Å². The molecule has 0 bridgehead atoms. The van der Waals surface area contributed by atoms with Crippen LogP contribution in [0.5, 0.6) is 0 Å². The molecule has 0 aliphatic rings. The lowest BCUT2D eigenvalue weighted by Gasteiger charge is -2.09. The summed E-state index contributed by atoms with van der Waals surface area (Å²) in [5.74, 6) is 1.27. The average Bonchev–Trinajstić information content (AvgIpc) is 3.23. The third-order valence-electron chi connectivity index (χ3n) is 3.37. The zero-order chi connectivity index (χ0) is 16.9. The van der Waals surface area contributed by atoms with E-state index < -0.39 is 6.04 Å². The Labute approximate surface area is 137 Å². The van der Waals surface area contributed by atoms with E-state index in [1.54, 1.807) is 37.0 Å². The van der Waals surface area contributed by atoms with Crippen molar-refractivity contribution in [1.82, 2.24) is 40.6 Å². The number of carbonyl (C=O) groups excluding carboxylic acids is 1. The number of pyridine rings is 1. The summed E-state index contributed by atoms with van der Waals surface area (Å²) in [7, 11) is 0. The van der Waals surface area contributed by atoms with Gasteiger partial charge in [0.15, 0.2) is 0 Å². The van der Waals surface area contributed by atoms with E-state index in [-0.39, 0.29) is 12.3 Å². The number of amides is 1. The maximum absolute atomic E-state index is 12.0. The first-order chi connectivity index (χ1) is 11.6. The summed E-state index contributed by atoms with van der Waals surface area (Å²) in [4.78, 5) is 20.3. The number of aryl methyl sites for hydroxylation is 2. The van der Waals surface area contributed by atoms with Gasteiger partial charge in [-0.2, -0.15) is 4.98 Å². The number of nitrogens with zero attached hydrogens (tertiary/aromatic N) is 7. The Balaban J connectivity index is 1.57. The van der Waals surface area contributed by atoms with Crippen molar-refractivity contribution in [3.05, 3.63) is 36.2 Å². The molecule has 1 amide bonds. The maximum atomic E-state index is 12.0. The quantitative estimate of drug-likeness (QED) is 0.701. The highest BCUT2D eigenvalue weighted by Gasteiger charge is 2.17. The van der Waals surface area contributed by atoms with E-state index in [2.05, 4.69) is 36.0 Å². The molecule has 0 aromatic carbocycles. The van der Waals surface area contributed by atoms with Crippen molar-refractivity contribution in [2.75, 3.05) is 0 Å². The van der Waals surface area contributed by atoms with E-state index in [1.807, 2.05) is 6.07 Å². The largest absolute Gasteiger partial charge is 0.345 e. The molecule has 3 aromatic rings. The van der Waals surface area contributed by atoms with Crippen LogP contribution in [0.1, 0.15) is 31.1 Å². The van der Waals surface area contributed by atoms with Crippen LogP contribution < -0.4 is 5.32 Å². The van der Waals surface area contributed by atoms with Crippen LogP contribution in [0.4, 0.5) is 0 Å².